The van der Waals surface area contributed by atoms with E-state index in [0.717, 1.165) is 33.7 Å². The summed E-state index contributed by atoms with van der Waals surface area (Å²) in [6.07, 6.45) is 5.45. The first kappa shape index (κ1) is 27.6. The molecule has 0 radical (unpaired) electrons. The summed E-state index contributed by atoms with van der Waals surface area (Å²) in [5.41, 5.74) is 6.92. The Bertz CT molecular complexity index is 1940. The highest BCUT2D eigenvalue weighted by atomic mass is 16.5. The number of likely N-dealkylation sites (N-methyl/N-ethyl adjacent to an activating group) is 2. The summed E-state index contributed by atoms with van der Waals surface area (Å²) in [5.74, 6) is 7.09. The van der Waals surface area contributed by atoms with Crippen molar-refractivity contribution in [1.82, 2.24) is 24.7 Å². The number of nitrogens with one attached hydrogen (secondary N) is 2. The number of hydrogen-bond donors (Lipinski definition) is 2. The summed E-state index contributed by atoms with van der Waals surface area (Å²) in [7, 11) is 3.44. The molecule has 2 N–H and O–H groups in total. The highest BCUT2D eigenvalue weighted by molar-refractivity contribution is 5.97. The molecule has 10 heteroatoms. The molecular formula is C33H29N7O3. The van der Waals surface area contributed by atoms with Crippen LogP contribution in [0.15, 0.2) is 73.2 Å². The van der Waals surface area contributed by atoms with Gasteiger partial charge in [0, 0.05) is 42.3 Å². The van der Waals surface area contributed by atoms with Gasteiger partial charge in [-0.3, -0.25) is 19.0 Å². The van der Waals surface area contributed by atoms with Crippen LogP contribution in [0, 0.1) is 18.8 Å². The van der Waals surface area contributed by atoms with Gasteiger partial charge in [-0.25, -0.2) is 9.97 Å². The average molecular weight is 572 g/mol. The van der Waals surface area contributed by atoms with E-state index >= 15 is 0 Å². The van der Waals surface area contributed by atoms with Crippen molar-refractivity contribution < 1.29 is 14.3 Å². The Labute approximate surface area is 248 Å². The number of carbonyl (C=O) groups is 2. The predicted molar refractivity (Wildman–Crippen MR) is 165 cm³/mol. The van der Waals surface area contributed by atoms with Crippen molar-refractivity contribution in [1.29, 1.82) is 0 Å². The summed E-state index contributed by atoms with van der Waals surface area (Å²) < 4.78 is 7.67. The van der Waals surface area contributed by atoms with Crippen molar-refractivity contribution in [2.24, 2.45) is 0 Å². The second-order valence-corrected chi connectivity index (χ2v) is 10.2. The van der Waals surface area contributed by atoms with Gasteiger partial charge in [0.15, 0.2) is 6.61 Å². The lowest BCUT2D eigenvalue weighted by atomic mass is 10.0. The molecule has 214 valence electrons. The van der Waals surface area contributed by atoms with Crippen molar-refractivity contribution >= 4 is 29.0 Å². The number of aromatic nitrogens is 4. The fourth-order valence-corrected chi connectivity index (χ4v) is 4.78. The van der Waals surface area contributed by atoms with Gasteiger partial charge in [-0.1, -0.05) is 5.92 Å². The number of fused-ring (bicyclic) bond motifs is 2. The molecule has 1 aliphatic heterocycles. The number of anilines is 2. The number of carbonyl (C=O) groups excluding carboxylic acids is 2. The molecule has 0 saturated carbocycles. The molecule has 0 bridgehead atoms. The lowest BCUT2D eigenvalue weighted by Gasteiger charge is -2.25. The van der Waals surface area contributed by atoms with Crippen LogP contribution >= 0.6 is 0 Å². The third kappa shape index (κ3) is 5.41. The zero-order valence-corrected chi connectivity index (χ0v) is 24.2. The van der Waals surface area contributed by atoms with Crippen LogP contribution in [0.2, 0.25) is 0 Å². The van der Waals surface area contributed by atoms with Gasteiger partial charge in [0.05, 0.1) is 23.1 Å². The minimum absolute atomic E-state index is 0.0234. The highest BCUT2D eigenvalue weighted by Gasteiger charge is 2.23. The molecule has 1 aromatic carbocycles. The van der Waals surface area contributed by atoms with Gasteiger partial charge in [-0.05, 0) is 87.0 Å². The second kappa shape index (κ2) is 11.4. The van der Waals surface area contributed by atoms with E-state index in [9.17, 15) is 9.59 Å². The number of rotatable bonds is 5. The first-order valence-electron chi connectivity index (χ1n) is 13.8. The number of aryl methyl sites for hydroxylation is 1. The summed E-state index contributed by atoms with van der Waals surface area (Å²) >= 11 is 0. The molecule has 6 rings (SSSR count). The van der Waals surface area contributed by atoms with E-state index < -0.39 is 6.04 Å². The predicted octanol–water partition coefficient (Wildman–Crippen LogP) is 4.07. The molecule has 4 aromatic heterocycles. The first-order chi connectivity index (χ1) is 20.8. The second-order valence-electron chi connectivity index (χ2n) is 10.2. The number of amides is 2. The molecule has 5 heterocycles. The van der Waals surface area contributed by atoms with Gasteiger partial charge < -0.3 is 20.3 Å². The van der Waals surface area contributed by atoms with Crippen molar-refractivity contribution in [2.45, 2.75) is 19.9 Å². The van der Waals surface area contributed by atoms with E-state index in [2.05, 4.69) is 27.5 Å². The molecule has 1 unspecified atom stereocenters. The molecule has 0 saturated heterocycles. The molecule has 0 aliphatic carbocycles. The maximum atomic E-state index is 12.7. The Hall–Kier alpha value is -5.53. The lowest BCUT2D eigenvalue weighted by molar-refractivity contribution is -0.121. The minimum Gasteiger partial charge on any atom is -0.482 e. The van der Waals surface area contributed by atoms with Crippen LogP contribution in [0.1, 0.15) is 23.7 Å². The third-order valence-electron chi connectivity index (χ3n) is 7.33. The Kier molecular flexibility index (Phi) is 7.32. The number of ether oxygens (including phenoxy) is 1. The number of nitrogens with zero attached hydrogens (tertiary/aromatic N) is 5. The standard InChI is InChI=1S/C33H29N7O3/c1-20-13-16-40-29(17-20)38-31(23-11-14-35-15-12-23)32(40)24-7-10-28(37-33(42)21(2)34-3)36-25(24)8-5-22-6-9-26-27(18-22)43-19-30(41)39(26)4/h6-7,9-18,21,34H,19H2,1-4H3,(H,36,37,42). The van der Waals surface area contributed by atoms with E-state index in [0.29, 0.717) is 28.5 Å². The van der Waals surface area contributed by atoms with Gasteiger partial charge in [0.2, 0.25) is 5.91 Å². The highest BCUT2D eigenvalue weighted by Crippen LogP contribution is 2.35. The van der Waals surface area contributed by atoms with Crippen LogP contribution in [-0.2, 0) is 9.59 Å². The van der Waals surface area contributed by atoms with Crippen LogP contribution in [-0.4, -0.2) is 57.9 Å². The molecular weight excluding hydrogens is 542 g/mol. The normalized spacial score (nSPS) is 13.1. The van der Waals surface area contributed by atoms with Gasteiger partial charge in [0.25, 0.3) is 5.91 Å². The molecule has 0 fully saturated rings. The first-order valence-corrected chi connectivity index (χ1v) is 13.8. The zero-order valence-electron chi connectivity index (χ0n) is 24.2. The number of imidazole rings is 1. The van der Waals surface area contributed by atoms with Gasteiger partial charge in [-0.15, -0.1) is 0 Å². The summed E-state index contributed by atoms with van der Waals surface area (Å²) in [4.78, 5) is 40.2. The quantitative estimate of drug-likeness (QED) is 0.306. The summed E-state index contributed by atoms with van der Waals surface area (Å²) in [6, 6.07) is 16.6. The monoisotopic (exact) mass is 571 g/mol. The van der Waals surface area contributed by atoms with Crippen LogP contribution in [0.25, 0.3) is 28.2 Å². The maximum Gasteiger partial charge on any atom is 0.264 e. The van der Waals surface area contributed by atoms with Crippen molar-refractivity contribution in [2.75, 3.05) is 30.9 Å². The molecule has 1 aliphatic rings. The van der Waals surface area contributed by atoms with Gasteiger partial charge >= 0.3 is 0 Å². The lowest BCUT2D eigenvalue weighted by Crippen LogP contribution is -2.35. The van der Waals surface area contributed by atoms with E-state index in [1.807, 2.05) is 66.1 Å². The van der Waals surface area contributed by atoms with Crippen LogP contribution in [0.4, 0.5) is 11.5 Å². The average Bonchev–Trinajstić information content (AvgIpc) is 3.40. The molecule has 43 heavy (non-hydrogen) atoms. The van der Waals surface area contributed by atoms with Crippen LogP contribution < -0.4 is 20.3 Å². The van der Waals surface area contributed by atoms with E-state index in [-0.39, 0.29) is 18.4 Å². The minimum atomic E-state index is -0.406. The van der Waals surface area contributed by atoms with Crippen molar-refractivity contribution in [3.05, 3.63) is 90.0 Å². The molecule has 10 nitrogen and oxygen atoms in total. The molecule has 0 spiro atoms. The Morgan fingerprint density at radius 3 is 2.65 bits per heavy atom. The van der Waals surface area contributed by atoms with E-state index in [4.69, 9.17) is 14.7 Å². The number of benzene rings is 1. The van der Waals surface area contributed by atoms with Crippen molar-refractivity contribution in [3.8, 4) is 40.1 Å². The Balaban J connectivity index is 1.51. The van der Waals surface area contributed by atoms with Crippen LogP contribution in [0.3, 0.4) is 0 Å². The third-order valence-corrected chi connectivity index (χ3v) is 7.33. The SMILES string of the molecule is CNC(C)C(=O)Nc1ccc(-c2c(-c3ccncc3)nc3cc(C)ccn23)c(C#Cc2ccc3c(c2)OCC(=O)N3C)n1. The molecule has 5 aromatic rings. The molecule has 1 atom stereocenters. The summed E-state index contributed by atoms with van der Waals surface area (Å²) in [5, 5.41) is 5.82. The fourth-order valence-electron chi connectivity index (χ4n) is 4.78. The Morgan fingerprint density at radius 1 is 1.05 bits per heavy atom. The molecule has 2 amide bonds. The summed E-state index contributed by atoms with van der Waals surface area (Å²) in [6.45, 7) is 3.78. The van der Waals surface area contributed by atoms with E-state index in [1.165, 1.54) is 0 Å². The van der Waals surface area contributed by atoms with E-state index in [1.54, 1.807) is 44.4 Å². The zero-order chi connectivity index (χ0) is 30.1. The number of hydrogen-bond acceptors (Lipinski definition) is 7. The smallest absolute Gasteiger partial charge is 0.264 e. The van der Waals surface area contributed by atoms with Gasteiger partial charge in [-0.2, -0.15) is 0 Å². The largest absolute Gasteiger partial charge is 0.482 e. The van der Waals surface area contributed by atoms with Gasteiger partial charge in [0.1, 0.15) is 22.9 Å². The maximum absolute atomic E-state index is 12.7. The van der Waals surface area contributed by atoms with Crippen LogP contribution in [0.5, 0.6) is 5.75 Å². The topological polar surface area (TPSA) is 114 Å². The van der Waals surface area contributed by atoms with Crippen molar-refractivity contribution in [3.63, 3.8) is 0 Å². The Morgan fingerprint density at radius 2 is 1.86 bits per heavy atom. The number of pyridine rings is 3. The fraction of sp³-hybridized carbons (Fsp3) is 0.182.